The van der Waals surface area contributed by atoms with Crippen LogP contribution in [-0.4, -0.2) is 0 Å². The van der Waals surface area contributed by atoms with Gasteiger partial charge in [0.1, 0.15) is 5.82 Å². The normalized spacial score (nSPS) is 26.1. The summed E-state index contributed by atoms with van der Waals surface area (Å²) in [5.41, 5.74) is 2.16. The summed E-state index contributed by atoms with van der Waals surface area (Å²) in [5, 5.41) is 0. The molecule has 0 aromatic heterocycles. The summed E-state index contributed by atoms with van der Waals surface area (Å²) in [6.07, 6.45) is 1.14. The lowest BCUT2D eigenvalue weighted by Gasteiger charge is -2.07. The Kier molecular flexibility index (Phi) is 2.08. The van der Waals surface area contributed by atoms with Crippen molar-refractivity contribution < 1.29 is 9.13 Å². The molecule has 1 aliphatic rings. The highest BCUT2D eigenvalue weighted by atomic mass is 19.1. The predicted octanol–water partition coefficient (Wildman–Crippen LogP) is 3.37. The first-order valence-electron chi connectivity index (χ1n) is 4.67. The fraction of sp³-hybridized carbons (Fsp3) is 0.455. The average molecular weight is 180 g/mol. The first-order valence-corrected chi connectivity index (χ1v) is 4.67. The van der Waals surface area contributed by atoms with Crippen LogP contribution in [0.5, 0.6) is 0 Å². The predicted molar refractivity (Wildman–Crippen MR) is 48.9 cm³/mol. The average Bonchev–Trinajstić information content (AvgIpc) is 2.43. The maximum Gasteiger partial charge on any atom is 0.123 e. The van der Waals surface area contributed by atoms with E-state index >= 15 is 0 Å². The highest BCUT2D eigenvalue weighted by molar-refractivity contribution is 5.34. The standard InChI is InChI=1S/C11H13FO/c1-3-11-9-5-4-8(12)6-10(9)7(2)13-11/h4-7,11H,3H2,1-2H3. The third-order valence-corrected chi connectivity index (χ3v) is 2.57. The number of fused-ring (bicyclic) bond motifs is 1. The van der Waals surface area contributed by atoms with Crippen LogP contribution in [-0.2, 0) is 4.74 Å². The molecule has 13 heavy (non-hydrogen) atoms. The Bertz CT molecular complexity index is 322. The van der Waals surface area contributed by atoms with E-state index in [9.17, 15) is 4.39 Å². The highest BCUT2D eigenvalue weighted by Crippen LogP contribution is 2.40. The van der Waals surface area contributed by atoms with E-state index in [1.807, 2.05) is 13.0 Å². The van der Waals surface area contributed by atoms with Gasteiger partial charge < -0.3 is 4.74 Å². The second-order valence-corrected chi connectivity index (χ2v) is 3.45. The molecule has 1 heterocycles. The van der Waals surface area contributed by atoms with E-state index in [1.54, 1.807) is 6.07 Å². The number of halogens is 1. The Morgan fingerprint density at radius 1 is 1.38 bits per heavy atom. The van der Waals surface area contributed by atoms with Gasteiger partial charge >= 0.3 is 0 Å². The third kappa shape index (κ3) is 1.35. The van der Waals surface area contributed by atoms with E-state index in [-0.39, 0.29) is 18.0 Å². The van der Waals surface area contributed by atoms with Gasteiger partial charge in [-0.05, 0) is 36.6 Å². The zero-order chi connectivity index (χ0) is 9.42. The molecule has 0 radical (unpaired) electrons. The summed E-state index contributed by atoms with van der Waals surface area (Å²) in [6, 6.07) is 4.92. The van der Waals surface area contributed by atoms with Crippen LogP contribution in [0.1, 0.15) is 43.6 Å². The molecule has 1 nitrogen and oxygen atoms in total. The first kappa shape index (κ1) is 8.70. The van der Waals surface area contributed by atoms with Crippen LogP contribution < -0.4 is 0 Å². The Labute approximate surface area is 77.5 Å². The molecule has 2 atom stereocenters. The lowest BCUT2D eigenvalue weighted by atomic mass is 10.0. The topological polar surface area (TPSA) is 9.23 Å². The van der Waals surface area contributed by atoms with Crippen LogP contribution in [0.3, 0.4) is 0 Å². The monoisotopic (exact) mass is 180 g/mol. The van der Waals surface area contributed by atoms with Gasteiger partial charge in [-0.2, -0.15) is 0 Å². The van der Waals surface area contributed by atoms with Crippen molar-refractivity contribution in [3.63, 3.8) is 0 Å². The van der Waals surface area contributed by atoms with Crippen molar-refractivity contribution in [2.75, 3.05) is 0 Å². The summed E-state index contributed by atoms with van der Waals surface area (Å²) < 4.78 is 18.6. The van der Waals surface area contributed by atoms with Crippen molar-refractivity contribution in [2.24, 2.45) is 0 Å². The van der Waals surface area contributed by atoms with Crippen LogP contribution in [0, 0.1) is 5.82 Å². The van der Waals surface area contributed by atoms with Crippen molar-refractivity contribution in [1.29, 1.82) is 0 Å². The van der Waals surface area contributed by atoms with E-state index in [4.69, 9.17) is 4.74 Å². The largest absolute Gasteiger partial charge is 0.366 e. The molecule has 0 aliphatic carbocycles. The minimum atomic E-state index is -0.175. The van der Waals surface area contributed by atoms with Crippen LogP contribution >= 0.6 is 0 Å². The van der Waals surface area contributed by atoms with Crippen molar-refractivity contribution in [3.8, 4) is 0 Å². The third-order valence-electron chi connectivity index (χ3n) is 2.57. The summed E-state index contributed by atoms with van der Waals surface area (Å²) in [5.74, 6) is -0.175. The molecule has 0 N–H and O–H groups in total. The fourth-order valence-electron chi connectivity index (χ4n) is 1.90. The molecule has 2 unspecified atom stereocenters. The van der Waals surface area contributed by atoms with Gasteiger partial charge in [0.25, 0.3) is 0 Å². The van der Waals surface area contributed by atoms with Gasteiger partial charge in [0.2, 0.25) is 0 Å². The van der Waals surface area contributed by atoms with Gasteiger partial charge in [-0.3, -0.25) is 0 Å². The summed E-state index contributed by atoms with van der Waals surface area (Å²) in [6.45, 7) is 4.05. The van der Waals surface area contributed by atoms with Crippen molar-refractivity contribution in [3.05, 3.63) is 35.1 Å². The van der Waals surface area contributed by atoms with Crippen molar-refractivity contribution >= 4 is 0 Å². The Morgan fingerprint density at radius 2 is 2.15 bits per heavy atom. The number of rotatable bonds is 1. The lowest BCUT2D eigenvalue weighted by Crippen LogP contribution is -1.93. The second kappa shape index (κ2) is 3.11. The number of hydrogen-bond donors (Lipinski definition) is 0. The van der Waals surface area contributed by atoms with Crippen molar-refractivity contribution in [2.45, 2.75) is 32.5 Å². The van der Waals surface area contributed by atoms with Gasteiger partial charge in [0.05, 0.1) is 12.2 Å². The van der Waals surface area contributed by atoms with Gasteiger partial charge in [-0.15, -0.1) is 0 Å². The molecule has 1 aromatic rings. The summed E-state index contributed by atoms with van der Waals surface area (Å²) in [7, 11) is 0. The molecule has 70 valence electrons. The Balaban J connectivity index is 2.46. The SMILES string of the molecule is CCC1OC(C)c2cc(F)ccc21. The molecule has 0 saturated heterocycles. The molecular weight excluding hydrogens is 167 g/mol. The molecule has 1 aromatic carbocycles. The molecule has 0 spiro atoms. The lowest BCUT2D eigenvalue weighted by molar-refractivity contribution is 0.0199. The zero-order valence-corrected chi connectivity index (χ0v) is 7.88. The van der Waals surface area contributed by atoms with Gasteiger partial charge in [0.15, 0.2) is 0 Å². The van der Waals surface area contributed by atoms with Gasteiger partial charge in [0, 0.05) is 0 Å². The molecule has 0 bridgehead atoms. The van der Waals surface area contributed by atoms with E-state index < -0.39 is 0 Å². The molecule has 1 aliphatic heterocycles. The van der Waals surface area contributed by atoms with Crippen molar-refractivity contribution in [1.82, 2.24) is 0 Å². The van der Waals surface area contributed by atoms with E-state index in [0.717, 1.165) is 17.5 Å². The smallest absolute Gasteiger partial charge is 0.123 e. The minimum absolute atomic E-state index is 0.0376. The molecule has 2 rings (SSSR count). The number of benzene rings is 1. The summed E-state index contributed by atoms with van der Waals surface area (Å²) in [4.78, 5) is 0. The minimum Gasteiger partial charge on any atom is -0.366 e. The van der Waals surface area contributed by atoms with Gasteiger partial charge in [-0.25, -0.2) is 4.39 Å². The first-order chi connectivity index (χ1) is 6.22. The van der Waals surface area contributed by atoms with Crippen LogP contribution in [0.2, 0.25) is 0 Å². The zero-order valence-electron chi connectivity index (χ0n) is 7.88. The molecule has 0 amide bonds. The molecule has 2 heteroatoms. The van der Waals surface area contributed by atoms with Crippen LogP contribution in [0.15, 0.2) is 18.2 Å². The molecule has 0 fully saturated rings. The van der Waals surface area contributed by atoms with E-state index in [1.165, 1.54) is 6.07 Å². The van der Waals surface area contributed by atoms with Gasteiger partial charge in [-0.1, -0.05) is 13.0 Å². The van der Waals surface area contributed by atoms with E-state index in [2.05, 4.69) is 6.92 Å². The maximum absolute atomic E-state index is 12.9. The fourth-order valence-corrected chi connectivity index (χ4v) is 1.90. The quantitative estimate of drug-likeness (QED) is 0.643. The Morgan fingerprint density at radius 3 is 2.85 bits per heavy atom. The number of ether oxygens (including phenoxy) is 1. The molecule has 0 saturated carbocycles. The van der Waals surface area contributed by atoms with E-state index in [0.29, 0.717) is 0 Å². The van der Waals surface area contributed by atoms with Crippen LogP contribution in [0.25, 0.3) is 0 Å². The maximum atomic E-state index is 12.9. The number of hydrogen-bond acceptors (Lipinski definition) is 1. The second-order valence-electron chi connectivity index (χ2n) is 3.45. The molecular formula is C11H13FO. The highest BCUT2D eigenvalue weighted by Gasteiger charge is 2.27. The van der Waals surface area contributed by atoms with Crippen LogP contribution in [0.4, 0.5) is 4.39 Å². The Hall–Kier alpha value is -0.890. The summed E-state index contributed by atoms with van der Waals surface area (Å²) >= 11 is 0.